The maximum absolute atomic E-state index is 13.1. The molecule has 0 saturated carbocycles. The molecule has 0 atom stereocenters. The molecule has 0 bridgehead atoms. The van der Waals surface area contributed by atoms with Crippen molar-refractivity contribution >= 4 is 45.9 Å². The third-order valence-electron chi connectivity index (χ3n) is 6.96. The Morgan fingerprint density at radius 3 is 2.28 bits per heavy atom. The molecule has 0 aliphatic rings. The fraction of sp³-hybridized carbons (Fsp3) is 0.0571. The molecule has 0 spiro atoms. The van der Waals surface area contributed by atoms with Crippen LogP contribution in [0.1, 0.15) is 16.8 Å². The predicted molar refractivity (Wildman–Crippen MR) is 178 cm³/mol. The second kappa shape index (κ2) is 13.4. The highest BCUT2D eigenvalue weighted by Crippen LogP contribution is 2.36. The summed E-state index contributed by atoms with van der Waals surface area (Å²) in [6.07, 6.45) is -2.90. The smallest absolute Gasteiger partial charge is 0.332 e. The largest absolute Gasteiger partial charge is 0.416 e. The molecule has 0 fully saturated rings. The molecule has 0 aliphatic carbocycles. The number of aromatic nitrogens is 2. The third-order valence-corrected chi connectivity index (χ3v) is 8.02. The molecule has 4 aromatic carbocycles. The molecule has 0 radical (unpaired) electrons. The zero-order chi connectivity index (χ0) is 32.1. The third kappa shape index (κ3) is 7.20. The van der Waals surface area contributed by atoms with E-state index in [4.69, 9.17) is 11.6 Å². The minimum atomic E-state index is -4.45. The second-order valence-corrected chi connectivity index (χ2v) is 11.5. The zero-order valence-electron chi connectivity index (χ0n) is 24.0. The van der Waals surface area contributed by atoms with Crippen molar-refractivity contribution < 1.29 is 18.0 Å². The number of nitrogens with one attached hydrogen (secondary N) is 2. The Bertz CT molecular complexity index is 1990. The molecule has 2 aromatic heterocycles. The number of benzene rings is 4. The van der Waals surface area contributed by atoms with E-state index < -0.39 is 17.6 Å². The summed E-state index contributed by atoms with van der Waals surface area (Å²) in [7, 11) is 0. The van der Waals surface area contributed by atoms with Gasteiger partial charge in [0.15, 0.2) is 5.13 Å². The highest BCUT2D eigenvalue weighted by atomic mass is 35.5. The van der Waals surface area contributed by atoms with Gasteiger partial charge < -0.3 is 9.88 Å². The van der Waals surface area contributed by atoms with E-state index in [0.717, 1.165) is 45.9 Å². The van der Waals surface area contributed by atoms with E-state index in [9.17, 15) is 18.0 Å². The fourth-order valence-corrected chi connectivity index (χ4v) is 5.78. The molecule has 1 amide bonds. The van der Waals surface area contributed by atoms with Crippen LogP contribution in [0.4, 0.5) is 24.0 Å². The number of hydrogen-bond acceptors (Lipinski definition) is 5. The van der Waals surface area contributed by atoms with Crippen molar-refractivity contribution in [3.63, 3.8) is 0 Å². The quantitative estimate of drug-likeness (QED) is 0.120. The molecule has 2 N–H and O–H groups in total. The number of alkyl halides is 3. The van der Waals surface area contributed by atoms with Crippen molar-refractivity contribution in [1.29, 1.82) is 0 Å². The lowest BCUT2D eigenvalue weighted by Crippen LogP contribution is -2.20. The summed E-state index contributed by atoms with van der Waals surface area (Å²) in [6, 6.07) is 34.3. The van der Waals surface area contributed by atoms with Crippen LogP contribution in [0.2, 0.25) is 5.02 Å². The summed E-state index contributed by atoms with van der Waals surface area (Å²) < 4.78 is 41.3. The van der Waals surface area contributed by atoms with E-state index in [0.29, 0.717) is 15.8 Å². The van der Waals surface area contributed by atoms with Gasteiger partial charge in [-0.25, -0.2) is 10.4 Å². The minimum Gasteiger partial charge on any atom is -0.332 e. The predicted octanol–water partition coefficient (Wildman–Crippen LogP) is 9.38. The first kappa shape index (κ1) is 30.8. The summed E-state index contributed by atoms with van der Waals surface area (Å²) in [6.45, 7) is 0. The first-order chi connectivity index (χ1) is 22.2. The van der Waals surface area contributed by atoms with Crippen molar-refractivity contribution in [2.24, 2.45) is 5.10 Å². The van der Waals surface area contributed by atoms with Gasteiger partial charge in [-0.05, 0) is 59.7 Å². The zero-order valence-corrected chi connectivity index (χ0v) is 25.6. The maximum Gasteiger partial charge on any atom is 0.416 e. The van der Waals surface area contributed by atoms with Crippen molar-refractivity contribution in [3.8, 4) is 28.2 Å². The summed E-state index contributed by atoms with van der Waals surface area (Å²) in [5.74, 6) is -0.395. The summed E-state index contributed by atoms with van der Waals surface area (Å²) in [4.78, 5) is 17.2. The van der Waals surface area contributed by atoms with Gasteiger partial charge in [0, 0.05) is 27.3 Å². The van der Waals surface area contributed by atoms with Crippen LogP contribution in [0.25, 0.3) is 28.2 Å². The molecule has 6 rings (SSSR count). The molecular formula is C35H25ClF3N5OS. The van der Waals surface area contributed by atoms with Crippen molar-refractivity contribution in [2.75, 3.05) is 5.32 Å². The van der Waals surface area contributed by atoms with Crippen molar-refractivity contribution in [1.82, 2.24) is 15.0 Å². The van der Waals surface area contributed by atoms with Gasteiger partial charge in [0.25, 0.3) is 0 Å². The average Bonchev–Trinajstić information content (AvgIpc) is 3.66. The standard InChI is InChI=1S/C35H25ClF3N5OS/c36-27-14-16-30(17-15-27)44-31(23-8-3-1-4-9-23)18-25(33(44)24-10-5-2-6-11-24)21-40-43-32(45)20-29-22-46-34(42-29)41-28-13-7-12-26(19-28)35(37,38)39/h1-19,21-22H,20H2,(H,41,42)(H,43,45)/b40-21-. The van der Waals surface area contributed by atoms with Crippen LogP contribution in [-0.2, 0) is 17.4 Å². The number of halogens is 4. The van der Waals surface area contributed by atoms with Crippen LogP contribution >= 0.6 is 22.9 Å². The number of nitrogens with zero attached hydrogens (tertiary/aromatic N) is 3. The summed E-state index contributed by atoms with van der Waals surface area (Å²) in [5.41, 5.74) is 7.97. The van der Waals surface area contributed by atoms with Gasteiger partial charge in [-0.15, -0.1) is 11.3 Å². The first-order valence-electron chi connectivity index (χ1n) is 14.1. The number of anilines is 2. The average molecular weight is 656 g/mol. The second-order valence-electron chi connectivity index (χ2n) is 10.2. The summed E-state index contributed by atoms with van der Waals surface area (Å²) in [5, 5.41) is 9.82. The number of amides is 1. The Morgan fingerprint density at radius 1 is 0.891 bits per heavy atom. The van der Waals surface area contributed by atoms with E-state index in [1.54, 1.807) is 11.6 Å². The van der Waals surface area contributed by atoms with Crippen LogP contribution in [0.5, 0.6) is 0 Å². The number of carbonyl (C=O) groups is 1. The van der Waals surface area contributed by atoms with Crippen LogP contribution in [-0.4, -0.2) is 21.7 Å². The molecule has 6 aromatic rings. The monoisotopic (exact) mass is 655 g/mol. The number of carbonyl (C=O) groups excluding carboxylic acids is 1. The normalized spacial score (nSPS) is 11.6. The fourth-order valence-electron chi connectivity index (χ4n) is 4.92. The lowest BCUT2D eigenvalue weighted by Gasteiger charge is -2.15. The Morgan fingerprint density at radius 2 is 1.59 bits per heavy atom. The Kier molecular flexibility index (Phi) is 9.00. The van der Waals surface area contributed by atoms with Crippen LogP contribution < -0.4 is 10.7 Å². The Balaban J connectivity index is 1.24. The Labute approximate surface area is 271 Å². The highest BCUT2D eigenvalue weighted by Gasteiger charge is 2.30. The molecule has 230 valence electrons. The van der Waals surface area contributed by atoms with E-state index in [1.807, 2.05) is 91.0 Å². The SMILES string of the molecule is O=C(Cc1csc(Nc2cccc(C(F)(F)F)c2)n1)N/N=C\c1cc(-c2ccccc2)n(-c2ccc(Cl)cc2)c1-c1ccccc1. The van der Waals surface area contributed by atoms with Crippen LogP contribution in [0, 0.1) is 0 Å². The maximum atomic E-state index is 13.1. The first-order valence-corrected chi connectivity index (χ1v) is 15.3. The molecule has 6 nitrogen and oxygen atoms in total. The molecule has 0 saturated heterocycles. The lowest BCUT2D eigenvalue weighted by molar-refractivity contribution is -0.137. The van der Waals surface area contributed by atoms with Gasteiger partial charge in [-0.2, -0.15) is 18.3 Å². The molecule has 0 aliphatic heterocycles. The van der Waals surface area contributed by atoms with Gasteiger partial charge in [0.1, 0.15) is 0 Å². The summed E-state index contributed by atoms with van der Waals surface area (Å²) >= 11 is 7.41. The van der Waals surface area contributed by atoms with Crippen molar-refractivity contribution in [2.45, 2.75) is 12.6 Å². The van der Waals surface area contributed by atoms with E-state index in [2.05, 4.69) is 25.4 Å². The lowest BCUT2D eigenvalue weighted by atomic mass is 10.1. The highest BCUT2D eigenvalue weighted by molar-refractivity contribution is 7.13. The van der Waals surface area contributed by atoms with Gasteiger partial charge in [-0.1, -0.05) is 78.3 Å². The molecule has 46 heavy (non-hydrogen) atoms. The van der Waals surface area contributed by atoms with Gasteiger partial charge in [0.05, 0.1) is 35.3 Å². The number of hydrazone groups is 1. The molecule has 2 heterocycles. The van der Waals surface area contributed by atoms with Crippen LogP contribution in [0.3, 0.4) is 0 Å². The number of hydrogen-bond donors (Lipinski definition) is 2. The van der Waals surface area contributed by atoms with Gasteiger partial charge in [0.2, 0.25) is 5.91 Å². The van der Waals surface area contributed by atoms with E-state index in [1.165, 1.54) is 23.5 Å². The number of rotatable bonds is 9. The van der Waals surface area contributed by atoms with Crippen molar-refractivity contribution in [3.05, 3.63) is 142 Å². The van der Waals surface area contributed by atoms with Gasteiger partial charge >= 0.3 is 6.18 Å². The molecule has 0 unspecified atom stereocenters. The molecule has 11 heteroatoms. The number of thiazole rings is 1. The minimum absolute atomic E-state index is 0.0648. The van der Waals surface area contributed by atoms with E-state index in [-0.39, 0.29) is 12.1 Å². The Hall–Kier alpha value is -5.19. The van der Waals surface area contributed by atoms with Gasteiger partial charge in [-0.3, -0.25) is 4.79 Å². The molecular weight excluding hydrogens is 631 g/mol. The van der Waals surface area contributed by atoms with E-state index >= 15 is 0 Å². The van der Waals surface area contributed by atoms with Crippen LogP contribution in [0.15, 0.2) is 126 Å². The topological polar surface area (TPSA) is 71.3 Å².